The molecule has 0 radical (unpaired) electrons. The van der Waals surface area contributed by atoms with Crippen molar-refractivity contribution in [2.45, 2.75) is 18.9 Å². The molecule has 3 rings (SSSR count). The van der Waals surface area contributed by atoms with Crippen molar-refractivity contribution >= 4 is 21.9 Å². The molecule has 0 unspecified atom stereocenters. The number of hydrogen-bond donors (Lipinski definition) is 1. The van der Waals surface area contributed by atoms with E-state index in [4.69, 9.17) is 9.84 Å². The Morgan fingerprint density at radius 1 is 1.45 bits per heavy atom. The second-order valence-corrected chi connectivity index (χ2v) is 5.72. The quantitative estimate of drug-likeness (QED) is 0.931. The molecule has 1 fully saturated rings. The zero-order valence-electron chi connectivity index (χ0n) is 10.8. The molecule has 0 saturated heterocycles. The smallest absolute Gasteiger partial charge is 0.356 e. The van der Waals surface area contributed by atoms with Crippen molar-refractivity contribution in [3.63, 3.8) is 0 Å². The van der Waals surface area contributed by atoms with Gasteiger partial charge in [-0.3, -0.25) is 4.68 Å². The minimum Gasteiger partial charge on any atom is -0.490 e. The van der Waals surface area contributed by atoms with Crippen molar-refractivity contribution in [1.29, 1.82) is 0 Å². The minimum atomic E-state index is -1.04. The number of aromatic carboxylic acids is 1. The molecule has 6 heteroatoms. The van der Waals surface area contributed by atoms with Gasteiger partial charge in [-0.1, -0.05) is 15.9 Å². The van der Waals surface area contributed by atoms with Gasteiger partial charge < -0.3 is 9.84 Å². The molecule has 104 valence electrons. The van der Waals surface area contributed by atoms with E-state index >= 15 is 0 Å². The lowest BCUT2D eigenvalue weighted by Crippen LogP contribution is -2.01. The van der Waals surface area contributed by atoms with Crippen LogP contribution in [0.3, 0.4) is 0 Å². The van der Waals surface area contributed by atoms with Crippen LogP contribution in [0.2, 0.25) is 0 Å². The lowest BCUT2D eigenvalue weighted by Gasteiger charge is -2.11. The molecule has 0 bridgehead atoms. The Balaban J connectivity index is 2.07. The number of hydrogen-bond acceptors (Lipinski definition) is 3. The zero-order chi connectivity index (χ0) is 14.3. The predicted molar refractivity (Wildman–Crippen MR) is 77.0 cm³/mol. The topological polar surface area (TPSA) is 64.4 Å². The van der Waals surface area contributed by atoms with Crippen molar-refractivity contribution in [3.05, 3.63) is 34.4 Å². The van der Waals surface area contributed by atoms with Crippen LogP contribution in [0.15, 0.2) is 28.7 Å². The molecule has 0 spiro atoms. The molecule has 1 aliphatic carbocycles. The highest BCUT2D eigenvalue weighted by molar-refractivity contribution is 9.10. The third kappa shape index (κ3) is 2.56. The second kappa shape index (κ2) is 4.94. The van der Waals surface area contributed by atoms with Crippen LogP contribution in [0.4, 0.5) is 0 Å². The van der Waals surface area contributed by atoms with Gasteiger partial charge in [0.15, 0.2) is 5.69 Å². The van der Waals surface area contributed by atoms with Crippen LogP contribution in [0, 0.1) is 0 Å². The molecule has 5 nitrogen and oxygen atoms in total. The maximum absolute atomic E-state index is 11.0. The number of benzene rings is 1. The van der Waals surface area contributed by atoms with Crippen molar-refractivity contribution in [1.82, 2.24) is 9.78 Å². The van der Waals surface area contributed by atoms with Gasteiger partial charge >= 0.3 is 5.97 Å². The molecule has 0 aliphatic heterocycles. The van der Waals surface area contributed by atoms with Crippen molar-refractivity contribution in [2.24, 2.45) is 7.05 Å². The van der Waals surface area contributed by atoms with Crippen LogP contribution in [-0.4, -0.2) is 27.0 Å². The summed E-state index contributed by atoms with van der Waals surface area (Å²) in [5.74, 6) is -0.276. The molecule has 0 atom stereocenters. The minimum absolute atomic E-state index is 0.0276. The lowest BCUT2D eigenvalue weighted by atomic mass is 10.1. The fourth-order valence-corrected chi connectivity index (χ4v) is 2.36. The largest absolute Gasteiger partial charge is 0.490 e. The molecular weight excluding hydrogens is 324 g/mol. The number of halogens is 1. The van der Waals surface area contributed by atoms with E-state index in [1.54, 1.807) is 17.8 Å². The van der Waals surface area contributed by atoms with Gasteiger partial charge in [-0.2, -0.15) is 5.10 Å². The van der Waals surface area contributed by atoms with Crippen LogP contribution in [0.1, 0.15) is 23.3 Å². The number of carboxylic acid groups (broad SMARTS) is 1. The van der Waals surface area contributed by atoms with Gasteiger partial charge in [-0.25, -0.2) is 4.79 Å². The first-order chi connectivity index (χ1) is 9.54. The highest BCUT2D eigenvalue weighted by atomic mass is 79.9. The number of aromatic nitrogens is 2. The van der Waals surface area contributed by atoms with Gasteiger partial charge in [-0.15, -0.1) is 0 Å². The number of aryl methyl sites for hydroxylation is 1. The fourth-order valence-electron chi connectivity index (χ4n) is 1.99. The molecule has 2 aromatic rings. The van der Waals surface area contributed by atoms with E-state index in [0.29, 0.717) is 0 Å². The Morgan fingerprint density at radius 2 is 2.20 bits per heavy atom. The molecule has 1 N–H and O–H groups in total. The Kier molecular flexibility index (Phi) is 3.25. The van der Waals surface area contributed by atoms with E-state index < -0.39 is 5.97 Å². The Morgan fingerprint density at radius 3 is 2.80 bits per heavy atom. The van der Waals surface area contributed by atoms with Crippen LogP contribution >= 0.6 is 15.9 Å². The molecule has 0 amide bonds. The van der Waals surface area contributed by atoms with Gasteiger partial charge in [0.1, 0.15) is 5.75 Å². The standard InChI is InChI=1S/C14H13BrN2O3/c1-17-12(7-11(16-17)14(18)19)10-6-8(15)2-5-13(10)20-9-3-4-9/h2,5-7,9H,3-4H2,1H3,(H,18,19). The Bertz CT molecular complexity index is 677. The summed E-state index contributed by atoms with van der Waals surface area (Å²) >= 11 is 3.43. The normalized spacial score (nSPS) is 14.3. The molecule has 1 saturated carbocycles. The van der Waals surface area contributed by atoms with Crippen LogP contribution in [0.5, 0.6) is 5.75 Å². The first-order valence-electron chi connectivity index (χ1n) is 6.28. The summed E-state index contributed by atoms with van der Waals surface area (Å²) in [6.07, 6.45) is 2.42. The summed E-state index contributed by atoms with van der Waals surface area (Å²) in [4.78, 5) is 11.0. The summed E-state index contributed by atoms with van der Waals surface area (Å²) in [6, 6.07) is 7.28. The highest BCUT2D eigenvalue weighted by Crippen LogP contribution is 2.36. The zero-order valence-corrected chi connectivity index (χ0v) is 12.4. The molecule has 1 aromatic heterocycles. The van der Waals surface area contributed by atoms with Gasteiger partial charge in [-0.05, 0) is 37.1 Å². The number of rotatable bonds is 4. The van der Waals surface area contributed by atoms with Gasteiger partial charge in [0.25, 0.3) is 0 Å². The first-order valence-corrected chi connectivity index (χ1v) is 7.08. The summed E-state index contributed by atoms with van der Waals surface area (Å²) in [5, 5.41) is 13.0. The summed E-state index contributed by atoms with van der Waals surface area (Å²) in [6.45, 7) is 0. The van der Waals surface area contributed by atoms with Crippen LogP contribution in [0.25, 0.3) is 11.3 Å². The maximum Gasteiger partial charge on any atom is 0.356 e. The van der Waals surface area contributed by atoms with E-state index in [9.17, 15) is 4.79 Å². The van der Waals surface area contributed by atoms with Gasteiger partial charge in [0, 0.05) is 17.1 Å². The molecule has 1 aliphatic rings. The molecular formula is C14H13BrN2O3. The fraction of sp³-hybridized carbons (Fsp3) is 0.286. The number of ether oxygens (including phenoxy) is 1. The molecule has 1 aromatic carbocycles. The Hall–Kier alpha value is -1.82. The van der Waals surface area contributed by atoms with Crippen molar-refractivity contribution in [2.75, 3.05) is 0 Å². The third-order valence-electron chi connectivity index (χ3n) is 3.13. The third-order valence-corrected chi connectivity index (χ3v) is 3.63. The van der Waals surface area contributed by atoms with Crippen LogP contribution in [-0.2, 0) is 7.05 Å². The number of carbonyl (C=O) groups is 1. The average Bonchev–Trinajstić information content (AvgIpc) is 3.12. The summed E-state index contributed by atoms with van der Waals surface area (Å²) < 4.78 is 8.35. The number of nitrogens with zero attached hydrogens (tertiary/aromatic N) is 2. The monoisotopic (exact) mass is 336 g/mol. The lowest BCUT2D eigenvalue weighted by molar-refractivity contribution is 0.0689. The Labute approximate surface area is 124 Å². The van der Waals surface area contributed by atoms with Crippen molar-refractivity contribution < 1.29 is 14.6 Å². The first kappa shape index (κ1) is 13.2. The summed E-state index contributed by atoms with van der Waals surface area (Å²) in [5.41, 5.74) is 1.59. The number of carboxylic acids is 1. The van der Waals surface area contributed by atoms with E-state index in [2.05, 4.69) is 21.0 Å². The van der Waals surface area contributed by atoms with Gasteiger partial charge in [0.2, 0.25) is 0 Å². The van der Waals surface area contributed by atoms with E-state index in [1.165, 1.54) is 0 Å². The SMILES string of the molecule is Cn1nc(C(=O)O)cc1-c1cc(Br)ccc1OC1CC1. The van der Waals surface area contributed by atoms with E-state index in [1.807, 2.05) is 18.2 Å². The highest BCUT2D eigenvalue weighted by Gasteiger charge is 2.25. The second-order valence-electron chi connectivity index (χ2n) is 4.80. The van der Waals surface area contributed by atoms with E-state index in [0.717, 1.165) is 34.3 Å². The average molecular weight is 337 g/mol. The molecule has 1 heterocycles. The predicted octanol–water partition coefficient (Wildman–Crippen LogP) is 3.09. The van der Waals surface area contributed by atoms with Crippen LogP contribution < -0.4 is 4.74 Å². The van der Waals surface area contributed by atoms with Gasteiger partial charge in [0.05, 0.1) is 11.8 Å². The van der Waals surface area contributed by atoms with Crippen molar-refractivity contribution in [3.8, 4) is 17.0 Å². The molecule has 20 heavy (non-hydrogen) atoms. The summed E-state index contributed by atoms with van der Waals surface area (Å²) in [7, 11) is 1.73. The van der Waals surface area contributed by atoms with E-state index in [-0.39, 0.29) is 11.8 Å². The maximum atomic E-state index is 11.0.